The van der Waals surface area contributed by atoms with Gasteiger partial charge >= 0.3 is 0 Å². The van der Waals surface area contributed by atoms with Crippen LogP contribution in [0.2, 0.25) is 0 Å². The number of rotatable bonds is 8. The van der Waals surface area contributed by atoms with Gasteiger partial charge in [-0.3, -0.25) is 9.67 Å². The predicted molar refractivity (Wildman–Crippen MR) is 126 cm³/mol. The molecule has 1 aliphatic heterocycles. The van der Waals surface area contributed by atoms with Crippen molar-refractivity contribution in [1.82, 2.24) is 14.8 Å². The summed E-state index contributed by atoms with van der Waals surface area (Å²) in [5.41, 5.74) is 6.12. The number of quaternary nitrogens is 2. The zero-order chi connectivity index (χ0) is 21.6. The van der Waals surface area contributed by atoms with E-state index in [1.165, 1.54) is 36.2 Å². The summed E-state index contributed by atoms with van der Waals surface area (Å²) in [5.74, 6) is 0. The van der Waals surface area contributed by atoms with Crippen molar-refractivity contribution in [2.24, 2.45) is 0 Å². The Hall–Kier alpha value is -3.28. The number of hydrogen-bond acceptors (Lipinski definition) is 2. The number of nitrogens with zero attached hydrogens (tertiary/aromatic N) is 3. The normalized spacial score (nSPS) is 18.1. The maximum absolute atomic E-state index is 4.94. The van der Waals surface area contributed by atoms with E-state index in [1.54, 1.807) is 4.90 Å². The summed E-state index contributed by atoms with van der Waals surface area (Å²) in [5, 5.41) is 7.46. The lowest BCUT2D eigenvalue weighted by Gasteiger charge is -2.12. The summed E-state index contributed by atoms with van der Waals surface area (Å²) in [6.45, 7) is 5.32. The topological polar surface area (TPSA) is 51.8 Å². The molecule has 0 amide bonds. The van der Waals surface area contributed by atoms with Crippen molar-refractivity contribution in [3.63, 3.8) is 0 Å². The Morgan fingerprint density at radius 2 is 1.72 bits per heavy atom. The number of nitrogens with one attached hydrogen (secondary N) is 1. The van der Waals surface area contributed by atoms with Crippen LogP contribution in [-0.2, 0) is 19.6 Å². The van der Waals surface area contributed by atoms with Crippen LogP contribution in [0.25, 0.3) is 11.3 Å². The van der Waals surface area contributed by atoms with Crippen LogP contribution < -0.4 is 10.2 Å². The molecule has 5 nitrogen and oxygen atoms in total. The molecule has 1 aliphatic rings. The summed E-state index contributed by atoms with van der Waals surface area (Å²) in [6.07, 6.45) is 7.22. The Labute approximate surface area is 189 Å². The van der Waals surface area contributed by atoms with Crippen LogP contribution in [0.4, 0.5) is 0 Å². The zero-order valence-corrected chi connectivity index (χ0v) is 18.4. The van der Waals surface area contributed by atoms with E-state index in [-0.39, 0.29) is 0 Å². The van der Waals surface area contributed by atoms with E-state index in [1.807, 2.05) is 18.5 Å². The highest BCUT2D eigenvalue weighted by Crippen LogP contribution is 2.21. The van der Waals surface area contributed by atoms with Gasteiger partial charge in [-0.15, -0.1) is 0 Å². The maximum atomic E-state index is 4.94. The minimum absolute atomic E-state index is 0.660. The van der Waals surface area contributed by atoms with Crippen molar-refractivity contribution in [2.75, 3.05) is 13.1 Å². The van der Waals surface area contributed by atoms with Crippen LogP contribution in [0.1, 0.15) is 23.1 Å². The molecule has 0 radical (unpaired) electrons. The van der Waals surface area contributed by atoms with Gasteiger partial charge in [-0.25, -0.2) is 0 Å². The second-order valence-corrected chi connectivity index (χ2v) is 8.78. The summed E-state index contributed by atoms with van der Waals surface area (Å²) in [4.78, 5) is 6.00. The molecule has 162 valence electrons. The average molecular weight is 426 g/mol. The van der Waals surface area contributed by atoms with E-state index >= 15 is 0 Å². The lowest BCUT2D eigenvalue weighted by Crippen LogP contribution is -3.10. The van der Waals surface area contributed by atoms with E-state index < -0.39 is 0 Å². The van der Waals surface area contributed by atoms with E-state index in [0.29, 0.717) is 6.04 Å². The maximum Gasteiger partial charge on any atom is 0.141 e. The van der Waals surface area contributed by atoms with E-state index in [4.69, 9.17) is 5.10 Å². The molecular weight excluding hydrogens is 394 g/mol. The van der Waals surface area contributed by atoms with E-state index in [2.05, 4.69) is 87.9 Å². The van der Waals surface area contributed by atoms with Crippen LogP contribution >= 0.6 is 0 Å². The fourth-order valence-corrected chi connectivity index (χ4v) is 4.71. The molecule has 5 rings (SSSR count). The number of pyridine rings is 1. The molecule has 5 heteroatoms. The molecule has 0 saturated carbocycles. The van der Waals surface area contributed by atoms with Crippen LogP contribution in [0.3, 0.4) is 0 Å². The Kier molecular flexibility index (Phi) is 6.37. The van der Waals surface area contributed by atoms with Gasteiger partial charge in [-0.05, 0) is 17.7 Å². The van der Waals surface area contributed by atoms with Crippen molar-refractivity contribution < 1.29 is 10.2 Å². The Morgan fingerprint density at radius 3 is 2.47 bits per heavy atom. The number of aromatic nitrogens is 3. The number of benzene rings is 2. The predicted octanol–water partition coefficient (Wildman–Crippen LogP) is 1.91. The SMILES string of the molecule is c1ccc(Cn2cc(C[NH2+][C@@H]3CC[NH+](Cc4ccccc4)C3)c(-c3cccnc3)n2)cc1. The number of likely N-dealkylation sites (tertiary alicyclic amines) is 1. The molecule has 2 aromatic heterocycles. The monoisotopic (exact) mass is 425 g/mol. The van der Waals surface area contributed by atoms with Crippen molar-refractivity contribution in [3.8, 4) is 11.3 Å². The third kappa shape index (κ3) is 5.13. The molecule has 1 unspecified atom stereocenters. The van der Waals surface area contributed by atoms with Crippen molar-refractivity contribution in [3.05, 3.63) is 108 Å². The molecule has 0 spiro atoms. The highest BCUT2D eigenvalue weighted by molar-refractivity contribution is 5.61. The van der Waals surface area contributed by atoms with E-state index in [9.17, 15) is 0 Å². The lowest BCUT2D eigenvalue weighted by molar-refractivity contribution is -0.911. The fourth-order valence-electron chi connectivity index (χ4n) is 4.71. The Morgan fingerprint density at radius 1 is 0.938 bits per heavy atom. The quantitative estimate of drug-likeness (QED) is 0.453. The Bertz CT molecular complexity index is 1110. The van der Waals surface area contributed by atoms with Gasteiger partial charge in [0.25, 0.3) is 0 Å². The third-order valence-corrected chi connectivity index (χ3v) is 6.35. The Balaban J connectivity index is 1.26. The van der Waals surface area contributed by atoms with Crippen LogP contribution in [0.5, 0.6) is 0 Å². The minimum atomic E-state index is 0.660. The molecule has 2 atom stereocenters. The first-order chi connectivity index (χ1) is 15.8. The third-order valence-electron chi connectivity index (χ3n) is 6.35. The van der Waals surface area contributed by atoms with E-state index in [0.717, 1.165) is 30.9 Å². The van der Waals surface area contributed by atoms with Crippen LogP contribution in [0.15, 0.2) is 91.4 Å². The molecular formula is C27H31N5+2. The molecule has 4 aromatic rings. The second-order valence-electron chi connectivity index (χ2n) is 8.78. The second kappa shape index (κ2) is 9.90. The van der Waals surface area contributed by atoms with Gasteiger partial charge in [0.1, 0.15) is 31.4 Å². The molecule has 3 heterocycles. The van der Waals surface area contributed by atoms with Gasteiger partial charge in [-0.1, -0.05) is 60.7 Å². The zero-order valence-electron chi connectivity index (χ0n) is 18.4. The summed E-state index contributed by atoms with van der Waals surface area (Å²) >= 11 is 0. The lowest BCUT2D eigenvalue weighted by atomic mass is 10.1. The van der Waals surface area contributed by atoms with Gasteiger partial charge in [0.05, 0.1) is 25.1 Å². The van der Waals surface area contributed by atoms with Gasteiger partial charge < -0.3 is 10.2 Å². The number of hydrogen-bond donors (Lipinski definition) is 2. The largest absolute Gasteiger partial charge is 0.335 e. The van der Waals surface area contributed by atoms with Crippen LogP contribution in [0, 0.1) is 0 Å². The van der Waals surface area contributed by atoms with Crippen molar-refractivity contribution in [1.29, 1.82) is 0 Å². The molecule has 1 fully saturated rings. The summed E-state index contributed by atoms with van der Waals surface area (Å²) in [7, 11) is 0. The fraction of sp³-hybridized carbons (Fsp3) is 0.259. The van der Waals surface area contributed by atoms with Gasteiger partial charge in [0, 0.05) is 29.7 Å². The molecule has 3 N–H and O–H groups in total. The number of nitrogens with two attached hydrogens (primary N) is 1. The molecule has 32 heavy (non-hydrogen) atoms. The first-order valence-electron chi connectivity index (χ1n) is 11.5. The van der Waals surface area contributed by atoms with Gasteiger partial charge in [-0.2, -0.15) is 5.10 Å². The van der Waals surface area contributed by atoms with Crippen LogP contribution in [-0.4, -0.2) is 33.9 Å². The highest BCUT2D eigenvalue weighted by atomic mass is 15.3. The molecule has 0 bridgehead atoms. The minimum Gasteiger partial charge on any atom is -0.335 e. The smallest absolute Gasteiger partial charge is 0.141 e. The average Bonchev–Trinajstić information content (AvgIpc) is 3.46. The van der Waals surface area contributed by atoms with Crippen molar-refractivity contribution >= 4 is 0 Å². The van der Waals surface area contributed by atoms with Gasteiger partial charge in [0.2, 0.25) is 0 Å². The summed E-state index contributed by atoms with van der Waals surface area (Å²) in [6, 6.07) is 26.1. The molecule has 0 aliphatic carbocycles. The first kappa shape index (κ1) is 20.6. The molecule has 2 aromatic carbocycles. The summed E-state index contributed by atoms with van der Waals surface area (Å²) < 4.78 is 2.07. The highest BCUT2D eigenvalue weighted by Gasteiger charge is 2.29. The first-order valence-corrected chi connectivity index (χ1v) is 11.5. The van der Waals surface area contributed by atoms with Gasteiger partial charge in [0.15, 0.2) is 0 Å². The van der Waals surface area contributed by atoms with Crippen molar-refractivity contribution in [2.45, 2.75) is 32.1 Å². The molecule has 1 saturated heterocycles. The standard InChI is InChI=1S/C27H29N5/c1-3-8-22(9-4-1)18-31-15-13-26(21-31)29-17-25-20-32(19-23-10-5-2-6-11-23)30-27(25)24-12-7-14-28-16-24/h1-12,14,16,20,26,29H,13,15,17-19,21H2/p+2/t26-/m1/s1.